The lowest BCUT2D eigenvalue weighted by atomic mass is 9.87. The van der Waals surface area contributed by atoms with Crippen LogP contribution in [-0.4, -0.2) is 49.2 Å². The molecule has 2 aliphatic rings. The summed E-state index contributed by atoms with van der Waals surface area (Å²) in [5, 5.41) is 2.59. The van der Waals surface area contributed by atoms with Gasteiger partial charge in [-0.05, 0) is 60.9 Å². The molecule has 0 spiro atoms. The van der Waals surface area contributed by atoms with E-state index in [0.29, 0.717) is 25.2 Å². The zero-order valence-electron chi connectivity index (χ0n) is 17.9. The number of nitrogens with zero attached hydrogens (tertiary/aromatic N) is 2. The number of benzene rings is 2. The average Bonchev–Trinajstić information content (AvgIpc) is 3.20. The summed E-state index contributed by atoms with van der Waals surface area (Å²) in [5.74, 6) is -1.63. The fraction of sp³-hybridized carbons (Fsp3) is 0.364. The third-order valence-corrected chi connectivity index (χ3v) is 5.76. The molecule has 0 aliphatic carbocycles. The Balaban J connectivity index is 1.35. The summed E-state index contributed by atoms with van der Waals surface area (Å²) in [4.78, 5) is 28.6. The van der Waals surface area contributed by atoms with Crippen LogP contribution in [0.15, 0.2) is 48.5 Å². The molecule has 2 fully saturated rings. The van der Waals surface area contributed by atoms with Gasteiger partial charge in [-0.1, -0.05) is 0 Å². The second-order valence-electron chi connectivity index (χ2n) is 8.09. The summed E-state index contributed by atoms with van der Waals surface area (Å²) in [7, 11) is 0. The first kappa shape index (κ1) is 24.5. The fourth-order valence-corrected chi connectivity index (χ4v) is 4.24. The molecular weight excluding hydrogens is 484 g/mol. The first-order chi connectivity index (χ1) is 16.4. The second kappa shape index (κ2) is 9.19. The molecule has 2 aromatic carbocycles. The standard InChI is InChI=1S/C22H19F6N3O4/c23-21(24,25)34-16-5-1-14(2-6-16)29-20(33)30-11-13-9-10-31(19(32)18(13)12-30)15-3-7-17(8-4-15)35-22(26,27)28/h1-8,13,18H,9-12H2,(H,29,33). The summed E-state index contributed by atoms with van der Waals surface area (Å²) >= 11 is 0. The molecule has 2 atom stereocenters. The number of nitrogens with one attached hydrogen (secondary N) is 1. The van der Waals surface area contributed by atoms with Crippen molar-refractivity contribution in [3.8, 4) is 11.5 Å². The van der Waals surface area contributed by atoms with Gasteiger partial charge in [-0.25, -0.2) is 4.79 Å². The van der Waals surface area contributed by atoms with Crippen LogP contribution in [0.2, 0.25) is 0 Å². The third kappa shape index (κ3) is 6.08. The van der Waals surface area contributed by atoms with Crippen LogP contribution in [0, 0.1) is 11.8 Å². The van der Waals surface area contributed by atoms with Gasteiger partial charge in [-0.3, -0.25) is 4.79 Å². The van der Waals surface area contributed by atoms with E-state index in [0.717, 1.165) is 24.3 Å². The molecule has 2 unspecified atom stereocenters. The molecule has 3 amide bonds. The molecule has 1 N–H and O–H groups in total. The lowest BCUT2D eigenvalue weighted by molar-refractivity contribution is -0.275. The Morgan fingerprint density at radius 1 is 0.857 bits per heavy atom. The number of amides is 3. The van der Waals surface area contributed by atoms with Crippen molar-refractivity contribution in [3.05, 3.63) is 48.5 Å². The molecule has 0 saturated carbocycles. The molecule has 7 nitrogen and oxygen atoms in total. The van der Waals surface area contributed by atoms with Crippen molar-refractivity contribution in [3.63, 3.8) is 0 Å². The Morgan fingerprint density at radius 3 is 1.94 bits per heavy atom. The summed E-state index contributed by atoms with van der Waals surface area (Å²) in [5.41, 5.74) is 0.681. The normalized spacial score (nSPS) is 20.5. The summed E-state index contributed by atoms with van der Waals surface area (Å²) in [6.45, 7) is 0.801. The highest BCUT2D eigenvalue weighted by Crippen LogP contribution is 2.35. The van der Waals surface area contributed by atoms with Crippen LogP contribution in [-0.2, 0) is 4.79 Å². The highest BCUT2D eigenvalue weighted by molar-refractivity contribution is 5.97. The second-order valence-corrected chi connectivity index (χ2v) is 8.09. The number of piperidine rings is 1. The zero-order chi connectivity index (χ0) is 25.4. The number of rotatable bonds is 4. The monoisotopic (exact) mass is 503 g/mol. The number of anilines is 2. The van der Waals surface area contributed by atoms with Crippen molar-refractivity contribution < 1.29 is 45.4 Å². The van der Waals surface area contributed by atoms with Crippen LogP contribution < -0.4 is 19.7 Å². The molecule has 35 heavy (non-hydrogen) atoms. The number of urea groups is 1. The van der Waals surface area contributed by atoms with Crippen LogP contribution in [0.4, 0.5) is 42.5 Å². The van der Waals surface area contributed by atoms with E-state index in [-0.39, 0.29) is 24.1 Å². The molecule has 0 bridgehead atoms. The minimum Gasteiger partial charge on any atom is -0.406 e. The molecule has 13 heteroatoms. The first-order valence-electron chi connectivity index (χ1n) is 10.5. The van der Waals surface area contributed by atoms with Crippen LogP contribution in [0.5, 0.6) is 11.5 Å². The number of alkyl halides is 6. The minimum atomic E-state index is -4.82. The molecule has 188 valence electrons. The van der Waals surface area contributed by atoms with E-state index in [1.807, 2.05) is 0 Å². The third-order valence-electron chi connectivity index (χ3n) is 5.76. The quantitative estimate of drug-likeness (QED) is 0.597. The molecule has 0 radical (unpaired) electrons. The van der Waals surface area contributed by atoms with Gasteiger partial charge in [0.15, 0.2) is 0 Å². The predicted molar refractivity (Wildman–Crippen MR) is 111 cm³/mol. The van der Waals surface area contributed by atoms with E-state index >= 15 is 0 Å². The maximum atomic E-state index is 13.0. The van der Waals surface area contributed by atoms with Crippen molar-refractivity contribution in [2.75, 3.05) is 29.9 Å². The predicted octanol–water partition coefficient (Wildman–Crippen LogP) is 5.00. The number of ether oxygens (including phenoxy) is 2. The lowest BCUT2D eigenvalue weighted by Gasteiger charge is -2.33. The van der Waals surface area contributed by atoms with Crippen molar-refractivity contribution in [1.29, 1.82) is 0 Å². The van der Waals surface area contributed by atoms with Gasteiger partial charge in [0.05, 0.1) is 5.92 Å². The Labute approximate surface area is 195 Å². The van der Waals surface area contributed by atoms with E-state index in [1.165, 1.54) is 34.1 Å². The zero-order valence-corrected chi connectivity index (χ0v) is 17.9. The molecule has 2 aliphatic heterocycles. The maximum Gasteiger partial charge on any atom is 0.573 e. The van der Waals surface area contributed by atoms with E-state index in [1.54, 1.807) is 0 Å². The number of hydrogen-bond acceptors (Lipinski definition) is 4. The summed E-state index contributed by atoms with van der Waals surface area (Å²) in [6.07, 6.45) is -9.05. The summed E-state index contributed by atoms with van der Waals surface area (Å²) in [6, 6.07) is 9.15. The molecular formula is C22H19F6N3O4. The molecule has 2 saturated heterocycles. The van der Waals surface area contributed by atoms with Crippen molar-refractivity contribution in [1.82, 2.24) is 4.90 Å². The van der Waals surface area contributed by atoms with E-state index in [4.69, 9.17) is 0 Å². The van der Waals surface area contributed by atoms with Gasteiger partial charge >= 0.3 is 18.8 Å². The van der Waals surface area contributed by atoms with Crippen LogP contribution in [0.25, 0.3) is 0 Å². The number of hydrogen-bond donors (Lipinski definition) is 1. The fourth-order valence-electron chi connectivity index (χ4n) is 4.24. The molecule has 2 aromatic rings. The lowest BCUT2D eigenvalue weighted by Crippen LogP contribution is -2.45. The van der Waals surface area contributed by atoms with Crippen LogP contribution >= 0.6 is 0 Å². The highest BCUT2D eigenvalue weighted by Gasteiger charge is 2.44. The Bertz CT molecular complexity index is 1070. The van der Waals surface area contributed by atoms with E-state index in [9.17, 15) is 35.9 Å². The Hall–Kier alpha value is -3.64. The average molecular weight is 503 g/mol. The number of halogens is 6. The van der Waals surface area contributed by atoms with Crippen molar-refractivity contribution in [2.24, 2.45) is 11.8 Å². The molecule has 0 aromatic heterocycles. The smallest absolute Gasteiger partial charge is 0.406 e. The summed E-state index contributed by atoms with van der Waals surface area (Å²) < 4.78 is 81.5. The number of carbonyl (C=O) groups is 2. The maximum absolute atomic E-state index is 13.0. The van der Waals surface area contributed by atoms with Gasteiger partial charge in [-0.15, -0.1) is 26.3 Å². The minimum absolute atomic E-state index is 0.0834. The van der Waals surface area contributed by atoms with E-state index < -0.39 is 36.2 Å². The van der Waals surface area contributed by atoms with Crippen molar-refractivity contribution in [2.45, 2.75) is 19.1 Å². The number of likely N-dealkylation sites (tertiary alicyclic amines) is 1. The molecule has 4 rings (SSSR count). The topological polar surface area (TPSA) is 71.1 Å². The van der Waals surface area contributed by atoms with Gasteiger partial charge in [0.2, 0.25) is 5.91 Å². The van der Waals surface area contributed by atoms with Gasteiger partial charge in [0.25, 0.3) is 0 Å². The van der Waals surface area contributed by atoms with Crippen LogP contribution in [0.1, 0.15) is 6.42 Å². The molecule has 2 heterocycles. The highest BCUT2D eigenvalue weighted by atomic mass is 19.4. The van der Waals surface area contributed by atoms with Crippen LogP contribution in [0.3, 0.4) is 0 Å². The van der Waals surface area contributed by atoms with Crippen molar-refractivity contribution >= 4 is 23.3 Å². The van der Waals surface area contributed by atoms with Gasteiger partial charge in [0.1, 0.15) is 11.5 Å². The largest absolute Gasteiger partial charge is 0.573 e. The Morgan fingerprint density at radius 2 is 1.40 bits per heavy atom. The Kier molecular flexibility index (Phi) is 6.43. The number of carbonyl (C=O) groups excluding carboxylic acids is 2. The first-order valence-corrected chi connectivity index (χ1v) is 10.5. The van der Waals surface area contributed by atoms with Gasteiger partial charge < -0.3 is 24.6 Å². The van der Waals surface area contributed by atoms with E-state index in [2.05, 4.69) is 14.8 Å². The van der Waals surface area contributed by atoms with Gasteiger partial charge in [-0.2, -0.15) is 0 Å². The SMILES string of the molecule is O=C(Nc1ccc(OC(F)(F)F)cc1)N1CC2CCN(c3ccc(OC(F)(F)F)cc3)C(=O)C2C1. The number of fused-ring (bicyclic) bond motifs is 1. The van der Waals surface area contributed by atoms with Gasteiger partial charge in [0, 0.05) is 31.0 Å².